The lowest BCUT2D eigenvalue weighted by Crippen LogP contribution is -2.41. The van der Waals surface area contributed by atoms with E-state index in [4.69, 9.17) is 9.47 Å². The van der Waals surface area contributed by atoms with Crippen LogP contribution in [0.3, 0.4) is 0 Å². The SMILES string of the molecule is CC[C@]1(O)C=C[C@@H]2OC(C)(C)O[C@@H]21. The molecule has 0 amide bonds. The summed E-state index contributed by atoms with van der Waals surface area (Å²) in [5, 5.41) is 10.1. The average molecular weight is 184 g/mol. The highest BCUT2D eigenvalue weighted by Crippen LogP contribution is 2.40. The summed E-state index contributed by atoms with van der Waals surface area (Å²) >= 11 is 0. The highest BCUT2D eigenvalue weighted by atomic mass is 16.8. The van der Waals surface area contributed by atoms with E-state index < -0.39 is 11.4 Å². The van der Waals surface area contributed by atoms with Crippen molar-refractivity contribution in [3.05, 3.63) is 12.2 Å². The zero-order valence-corrected chi connectivity index (χ0v) is 8.28. The fourth-order valence-corrected chi connectivity index (χ4v) is 1.99. The molecule has 2 aliphatic rings. The van der Waals surface area contributed by atoms with Gasteiger partial charge in [0.1, 0.15) is 17.8 Å². The van der Waals surface area contributed by atoms with Gasteiger partial charge in [-0.05, 0) is 20.3 Å². The molecule has 0 spiro atoms. The van der Waals surface area contributed by atoms with Gasteiger partial charge in [-0.15, -0.1) is 0 Å². The van der Waals surface area contributed by atoms with Gasteiger partial charge in [-0.2, -0.15) is 0 Å². The summed E-state index contributed by atoms with van der Waals surface area (Å²) in [5.41, 5.74) is -0.835. The molecule has 1 saturated heterocycles. The summed E-state index contributed by atoms with van der Waals surface area (Å²) in [7, 11) is 0. The van der Waals surface area contributed by atoms with Gasteiger partial charge in [0.15, 0.2) is 5.79 Å². The molecule has 1 aliphatic carbocycles. The summed E-state index contributed by atoms with van der Waals surface area (Å²) in [4.78, 5) is 0. The minimum absolute atomic E-state index is 0.0834. The molecule has 0 aromatic rings. The molecule has 0 aromatic carbocycles. The molecule has 3 heteroatoms. The van der Waals surface area contributed by atoms with E-state index in [2.05, 4.69) is 0 Å². The number of rotatable bonds is 1. The normalized spacial score (nSPS) is 46.8. The predicted octanol–water partition coefficient (Wildman–Crippen LogP) is 1.22. The third kappa shape index (κ3) is 1.31. The first kappa shape index (κ1) is 9.19. The smallest absolute Gasteiger partial charge is 0.164 e. The van der Waals surface area contributed by atoms with Crippen LogP contribution in [0.2, 0.25) is 0 Å². The monoisotopic (exact) mass is 184 g/mol. The molecule has 1 aliphatic heterocycles. The van der Waals surface area contributed by atoms with Gasteiger partial charge in [0.05, 0.1) is 0 Å². The molecule has 3 atom stereocenters. The Hall–Kier alpha value is -0.380. The molecule has 0 saturated carbocycles. The van der Waals surface area contributed by atoms with E-state index in [1.165, 1.54) is 0 Å². The first-order chi connectivity index (χ1) is 5.97. The van der Waals surface area contributed by atoms with Crippen LogP contribution >= 0.6 is 0 Å². The Labute approximate surface area is 78.3 Å². The van der Waals surface area contributed by atoms with Crippen molar-refractivity contribution >= 4 is 0 Å². The summed E-state index contributed by atoms with van der Waals surface area (Å²) in [6, 6.07) is 0. The lowest BCUT2D eigenvalue weighted by atomic mass is 9.97. The number of fused-ring (bicyclic) bond motifs is 1. The van der Waals surface area contributed by atoms with Gasteiger partial charge >= 0.3 is 0 Å². The zero-order chi connectivity index (χ0) is 9.69. The molecule has 13 heavy (non-hydrogen) atoms. The fraction of sp³-hybridized carbons (Fsp3) is 0.800. The maximum atomic E-state index is 10.1. The minimum Gasteiger partial charge on any atom is -0.383 e. The van der Waals surface area contributed by atoms with E-state index in [0.717, 1.165) is 0 Å². The molecule has 2 rings (SSSR count). The Morgan fingerprint density at radius 2 is 2.08 bits per heavy atom. The topological polar surface area (TPSA) is 38.7 Å². The van der Waals surface area contributed by atoms with Crippen LogP contribution in [0.5, 0.6) is 0 Å². The first-order valence-electron chi connectivity index (χ1n) is 4.74. The van der Waals surface area contributed by atoms with Crippen molar-refractivity contribution < 1.29 is 14.6 Å². The molecule has 0 radical (unpaired) electrons. The second-order valence-electron chi connectivity index (χ2n) is 4.22. The third-order valence-electron chi connectivity index (χ3n) is 2.76. The van der Waals surface area contributed by atoms with Gasteiger partial charge in [-0.1, -0.05) is 19.1 Å². The van der Waals surface area contributed by atoms with Crippen LogP contribution in [0.1, 0.15) is 27.2 Å². The van der Waals surface area contributed by atoms with Crippen molar-refractivity contribution in [2.75, 3.05) is 0 Å². The highest BCUT2D eigenvalue weighted by Gasteiger charge is 2.52. The predicted molar refractivity (Wildman–Crippen MR) is 48.2 cm³/mol. The van der Waals surface area contributed by atoms with Crippen LogP contribution in [0.15, 0.2) is 12.2 Å². The largest absolute Gasteiger partial charge is 0.383 e. The van der Waals surface area contributed by atoms with Crippen molar-refractivity contribution in [3.8, 4) is 0 Å². The Morgan fingerprint density at radius 1 is 1.38 bits per heavy atom. The summed E-state index contributed by atoms with van der Waals surface area (Å²) in [5.74, 6) is -0.566. The van der Waals surface area contributed by atoms with E-state index in [1.807, 2.05) is 26.8 Å². The number of hydrogen-bond acceptors (Lipinski definition) is 3. The van der Waals surface area contributed by atoms with Crippen molar-refractivity contribution in [1.29, 1.82) is 0 Å². The van der Waals surface area contributed by atoms with Gasteiger partial charge in [0.25, 0.3) is 0 Å². The third-order valence-corrected chi connectivity index (χ3v) is 2.76. The number of aliphatic hydroxyl groups is 1. The Kier molecular flexibility index (Phi) is 1.81. The van der Waals surface area contributed by atoms with Crippen molar-refractivity contribution in [2.45, 2.75) is 50.8 Å². The molecule has 1 fully saturated rings. The molecule has 74 valence electrons. The van der Waals surface area contributed by atoms with E-state index in [0.29, 0.717) is 6.42 Å². The quantitative estimate of drug-likeness (QED) is 0.623. The molecule has 1 heterocycles. The average Bonchev–Trinajstić information content (AvgIpc) is 2.49. The number of ether oxygens (including phenoxy) is 2. The van der Waals surface area contributed by atoms with Crippen molar-refractivity contribution in [1.82, 2.24) is 0 Å². The standard InChI is InChI=1S/C10H16O3/c1-4-10(11)6-5-7-8(10)13-9(2,3)12-7/h5-8,11H,4H2,1-3H3/t7-,8-,10-/m0/s1. The van der Waals surface area contributed by atoms with E-state index >= 15 is 0 Å². The molecule has 3 nitrogen and oxygen atoms in total. The first-order valence-corrected chi connectivity index (χ1v) is 4.74. The zero-order valence-electron chi connectivity index (χ0n) is 8.28. The van der Waals surface area contributed by atoms with Gasteiger partial charge in [0.2, 0.25) is 0 Å². The summed E-state index contributed by atoms with van der Waals surface area (Å²) in [6.45, 7) is 5.69. The van der Waals surface area contributed by atoms with Gasteiger partial charge in [-0.3, -0.25) is 0 Å². The molecule has 0 unspecified atom stereocenters. The maximum Gasteiger partial charge on any atom is 0.164 e. The summed E-state index contributed by atoms with van der Waals surface area (Å²) < 4.78 is 11.2. The molecular formula is C10H16O3. The second-order valence-corrected chi connectivity index (χ2v) is 4.22. The Balaban J connectivity index is 2.21. The van der Waals surface area contributed by atoms with E-state index in [-0.39, 0.29) is 12.2 Å². The van der Waals surface area contributed by atoms with Crippen LogP contribution in [0.25, 0.3) is 0 Å². The van der Waals surface area contributed by atoms with Crippen molar-refractivity contribution in [3.63, 3.8) is 0 Å². The molecule has 0 bridgehead atoms. The lowest BCUT2D eigenvalue weighted by Gasteiger charge is -2.27. The van der Waals surface area contributed by atoms with Crippen LogP contribution < -0.4 is 0 Å². The van der Waals surface area contributed by atoms with E-state index in [1.54, 1.807) is 6.08 Å². The minimum atomic E-state index is -0.835. The van der Waals surface area contributed by atoms with Gasteiger partial charge in [-0.25, -0.2) is 0 Å². The van der Waals surface area contributed by atoms with Gasteiger partial charge < -0.3 is 14.6 Å². The van der Waals surface area contributed by atoms with Crippen LogP contribution in [0, 0.1) is 0 Å². The molecular weight excluding hydrogens is 168 g/mol. The van der Waals surface area contributed by atoms with Crippen LogP contribution in [-0.4, -0.2) is 28.7 Å². The molecule has 0 aromatic heterocycles. The van der Waals surface area contributed by atoms with Crippen molar-refractivity contribution in [2.24, 2.45) is 0 Å². The van der Waals surface area contributed by atoms with Gasteiger partial charge in [0, 0.05) is 0 Å². The Morgan fingerprint density at radius 3 is 2.69 bits per heavy atom. The van der Waals surface area contributed by atoms with Crippen LogP contribution in [0.4, 0.5) is 0 Å². The van der Waals surface area contributed by atoms with Crippen LogP contribution in [-0.2, 0) is 9.47 Å². The van der Waals surface area contributed by atoms with E-state index in [9.17, 15) is 5.11 Å². The maximum absolute atomic E-state index is 10.1. The molecule has 1 N–H and O–H groups in total. The Bertz CT molecular complexity index is 247. The fourth-order valence-electron chi connectivity index (χ4n) is 1.99. The number of hydrogen-bond donors (Lipinski definition) is 1. The highest BCUT2D eigenvalue weighted by molar-refractivity contribution is 5.21. The lowest BCUT2D eigenvalue weighted by molar-refractivity contribution is -0.164. The summed E-state index contributed by atoms with van der Waals surface area (Å²) in [6.07, 6.45) is 4.03. The second kappa shape index (κ2) is 2.56.